The molecule has 0 aliphatic heterocycles. The summed E-state index contributed by atoms with van der Waals surface area (Å²) in [5, 5.41) is 18.2. The summed E-state index contributed by atoms with van der Waals surface area (Å²) >= 11 is 0. The van der Waals surface area contributed by atoms with E-state index in [0.717, 1.165) is 0 Å². The molecule has 1 fully saturated rings. The van der Waals surface area contributed by atoms with E-state index < -0.39 is 0 Å². The third-order valence-electron chi connectivity index (χ3n) is 4.64. The van der Waals surface area contributed by atoms with Gasteiger partial charge in [0.1, 0.15) is 0 Å². The van der Waals surface area contributed by atoms with Crippen LogP contribution in [0.5, 0.6) is 0 Å². The molecule has 0 spiro atoms. The molecular weight excluding hydrogens is 302 g/mol. The van der Waals surface area contributed by atoms with Crippen LogP contribution in [0.25, 0.3) is 0 Å². The molecule has 0 radical (unpaired) electrons. The van der Waals surface area contributed by atoms with Gasteiger partial charge < -0.3 is 9.52 Å². The van der Waals surface area contributed by atoms with Crippen molar-refractivity contribution in [1.29, 1.82) is 0 Å². The molecule has 1 aromatic heterocycles. The van der Waals surface area contributed by atoms with Gasteiger partial charge >= 0.3 is 0 Å². The van der Waals surface area contributed by atoms with Gasteiger partial charge in [0, 0.05) is 12.6 Å². The van der Waals surface area contributed by atoms with E-state index in [1.807, 2.05) is 25.1 Å². The summed E-state index contributed by atoms with van der Waals surface area (Å²) in [7, 11) is 0. The van der Waals surface area contributed by atoms with Crippen LogP contribution in [0.3, 0.4) is 0 Å². The highest BCUT2D eigenvalue weighted by Gasteiger charge is 2.24. The molecule has 1 saturated carbocycles. The molecule has 5 heteroatoms. The van der Waals surface area contributed by atoms with Crippen molar-refractivity contribution >= 4 is 0 Å². The van der Waals surface area contributed by atoms with Crippen molar-refractivity contribution in [2.45, 2.75) is 64.1 Å². The van der Waals surface area contributed by atoms with E-state index in [2.05, 4.69) is 27.2 Å². The fraction of sp³-hybridized carbons (Fsp3) is 0.579. The molecule has 5 nitrogen and oxygen atoms in total. The zero-order chi connectivity index (χ0) is 16.8. The average Bonchev–Trinajstić information content (AvgIpc) is 3.02. The van der Waals surface area contributed by atoms with Gasteiger partial charge in [0.25, 0.3) is 0 Å². The number of aromatic nitrogens is 2. The monoisotopic (exact) mass is 329 g/mol. The molecule has 130 valence electrons. The SMILES string of the molecule is CC(O)CN(Cc1nnc(Cc2ccccc2)o1)C1CCCCC1. The van der Waals surface area contributed by atoms with E-state index in [1.165, 1.54) is 37.7 Å². The van der Waals surface area contributed by atoms with Crippen molar-refractivity contribution in [1.82, 2.24) is 15.1 Å². The van der Waals surface area contributed by atoms with Crippen LogP contribution in [0.1, 0.15) is 56.4 Å². The molecule has 1 unspecified atom stereocenters. The molecule has 1 aromatic carbocycles. The Morgan fingerprint density at radius 2 is 1.83 bits per heavy atom. The number of rotatable bonds is 7. The number of hydrogen-bond donors (Lipinski definition) is 1. The molecular formula is C19H27N3O2. The Morgan fingerprint density at radius 3 is 2.54 bits per heavy atom. The second-order valence-corrected chi connectivity index (χ2v) is 6.82. The Balaban J connectivity index is 1.63. The molecule has 0 amide bonds. The zero-order valence-electron chi connectivity index (χ0n) is 14.4. The summed E-state index contributed by atoms with van der Waals surface area (Å²) in [6.07, 6.45) is 6.55. The molecule has 24 heavy (non-hydrogen) atoms. The van der Waals surface area contributed by atoms with E-state index >= 15 is 0 Å². The normalized spacial score (nSPS) is 17.3. The van der Waals surface area contributed by atoms with Crippen LogP contribution < -0.4 is 0 Å². The van der Waals surface area contributed by atoms with Gasteiger partial charge in [0.2, 0.25) is 11.8 Å². The summed E-state index contributed by atoms with van der Waals surface area (Å²) in [5.74, 6) is 1.30. The van der Waals surface area contributed by atoms with E-state index in [0.29, 0.717) is 37.3 Å². The minimum atomic E-state index is -0.348. The molecule has 3 rings (SSSR count). The predicted octanol–water partition coefficient (Wildman–Crippen LogP) is 3.18. The lowest BCUT2D eigenvalue weighted by Gasteiger charge is -2.34. The fourth-order valence-electron chi connectivity index (χ4n) is 3.50. The average molecular weight is 329 g/mol. The van der Waals surface area contributed by atoms with Crippen LogP contribution >= 0.6 is 0 Å². The Kier molecular flexibility index (Phi) is 5.99. The van der Waals surface area contributed by atoms with Gasteiger partial charge in [-0.2, -0.15) is 0 Å². The first-order chi connectivity index (χ1) is 11.7. The fourth-order valence-corrected chi connectivity index (χ4v) is 3.50. The molecule has 1 N–H and O–H groups in total. The maximum atomic E-state index is 9.82. The first kappa shape index (κ1) is 17.1. The molecule has 1 heterocycles. The maximum absolute atomic E-state index is 9.82. The van der Waals surface area contributed by atoms with Gasteiger partial charge in [0.05, 0.1) is 19.1 Å². The lowest BCUT2D eigenvalue weighted by atomic mass is 9.94. The summed E-state index contributed by atoms with van der Waals surface area (Å²) < 4.78 is 5.84. The van der Waals surface area contributed by atoms with Crippen molar-refractivity contribution in [2.75, 3.05) is 6.54 Å². The van der Waals surface area contributed by atoms with E-state index in [-0.39, 0.29) is 6.10 Å². The van der Waals surface area contributed by atoms with Gasteiger partial charge in [-0.1, -0.05) is 49.6 Å². The third kappa shape index (κ3) is 4.89. The molecule has 1 aliphatic carbocycles. The number of aliphatic hydroxyl groups excluding tert-OH is 1. The third-order valence-corrected chi connectivity index (χ3v) is 4.64. The van der Waals surface area contributed by atoms with E-state index in [4.69, 9.17) is 4.42 Å². The minimum absolute atomic E-state index is 0.348. The first-order valence-electron chi connectivity index (χ1n) is 8.98. The van der Waals surface area contributed by atoms with Gasteiger partial charge in [-0.15, -0.1) is 10.2 Å². The molecule has 1 atom stereocenters. The predicted molar refractivity (Wildman–Crippen MR) is 92.5 cm³/mol. The summed E-state index contributed by atoms with van der Waals surface area (Å²) in [6.45, 7) is 3.11. The summed E-state index contributed by atoms with van der Waals surface area (Å²) in [6, 6.07) is 10.7. The summed E-state index contributed by atoms with van der Waals surface area (Å²) in [4.78, 5) is 2.31. The topological polar surface area (TPSA) is 62.4 Å². The van der Waals surface area contributed by atoms with E-state index in [1.54, 1.807) is 0 Å². The Hall–Kier alpha value is -1.72. The Labute approximate surface area is 143 Å². The summed E-state index contributed by atoms with van der Waals surface area (Å²) in [5.41, 5.74) is 1.17. The molecule has 0 saturated heterocycles. The quantitative estimate of drug-likeness (QED) is 0.845. The number of nitrogens with zero attached hydrogens (tertiary/aromatic N) is 3. The van der Waals surface area contributed by atoms with Crippen LogP contribution in [0.2, 0.25) is 0 Å². The lowest BCUT2D eigenvalue weighted by Crippen LogP contribution is -2.40. The highest BCUT2D eigenvalue weighted by Crippen LogP contribution is 2.24. The zero-order valence-corrected chi connectivity index (χ0v) is 14.4. The van der Waals surface area contributed by atoms with Crippen molar-refractivity contribution in [3.05, 3.63) is 47.7 Å². The molecule has 2 aromatic rings. The number of benzene rings is 1. The van der Waals surface area contributed by atoms with Crippen molar-refractivity contribution in [3.8, 4) is 0 Å². The van der Waals surface area contributed by atoms with Crippen LogP contribution in [-0.4, -0.2) is 38.9 Å². The van der Waals surface area contributed by atoms with Gasteiger partial charge in [-0.25, -0.2) is 0 Å². The first-order valence-corrected chi connectivity index (χ1v) is 8.98. The lowest BCUT2D eigenvalue weighted by molar-refractivity contribution is 0.0702. The highest BCUT2D eigenvalue weighted by atomic mass is 16.4. The number of aliphatic hydroxyl groups is 1. The molecule has 0 bridgehead atoms. The van der Waals surface area contributed by atoms with Gasteiger partial charge in [0.15, 0.2) is 0 Å². The Morgan fingerprint density at radius 1 is 1.12 bits per heavy atom. The highest BCUT2D eigenvalue weighted by molar-refractivity contribution is 5.17. The van der Waals surface area contributed by atoms with Crippen LogP contribution in [0, 0.1) is 0 Å². The van der Waals surface area contributed by atoms with Gasteiger partial charge in [-0.3, -0.25) is 4.90 Å². The smallest absolute Gasteiger partial charge is 0.230 e. The maximum Gasteiger partial charge on any atom is 0.230 e. The van der Waals surface area contributed by atoms with Crippen molar-refractivity contribution in [2.24, 2.45) is 0 Å². The van der Waals surface area contributed by atoms with Crippen molar-refractivity contribution < 1.29 is 9.52 Å². The van der Waals surface area contributed by atoms with Crippen molar-refractivity contribution in [3.63, 3.8) is 0 Å². The Bertz CT molecular complexity index is 606. The second kappa shape index (κ2) is 8.40. The number of hydrogen-bond acceptors (Lipinski definition) is 5. The second-order valence-electron chi connectivity index (χ2n) is 6.82. The van der Waals surface area contributed by atoms with Crippen LogP contribution in [-0.2, 0) is 13.0 Å². The largest absolute Gasteiger partial charge is 0.424 e. The standard InChI is InChI=1S/C19H27N3O2/c1-15(23)13-22(17-10-6-3-7-11-17)14-19-21-20-18(24-19)12-16-8-4-2-5-9-16/h2,4-5,8-9,15,17,23H,3,6-7,10-14H2,1H3. The molecule has 1 aliphatic rings. The minimum Gasteiger partial charge on any atom is -0.424 e. The van der Waals surface area contributed by atoms with Crippen LogP contribution in [0.15, 0.2) is 34.7 Å². The van der Waals surface area contributed by atoms with E-state index in [9.17, 15) is 5.11 Å². The van der Waals surface area contributed by atoms with Crippen LogP contribution in [0.4, 0.5) is 0 Å². The van der Waals surface area contributed by atoms with Gasteiger partial charge in [-0.05, 0) is 25.3 Å².